The van der Waals surface area contributed by atoms with Crippen LogP contribution in [0.3, 0.4) is 0 Å². The van der Waals surface area contributed by atoms with Crippen molar-refractivity contribution >= 4 is 21.6 Å². The zero-order valence-electron chi connectivity index (χ0n) is 13.6. The second-order valence-electron chi connectivity index (χ2n) is 5.77. The third-order valence-corrected chi connectivity index (χ3v) is 7.13. The summed E-state index contributed by atoms with van der Waals surface area (Å²) in [6.45, 7) is 0. The number of methoxy groups -OCH3 is 1. The Kier molecular flexibility index (Phi) is 5.00. The number of sulfone groups is 1. The molecule has 1 aromatic heterocycles. The van der Waals surface area contributed by atoms with Crippen LogP contribution >= 0.6 is 11.8 Å². The van der Waals surface area contributed by atoms with E-state index in [9.17, 15) is 13.2 Å². The summed E-state index contributed by atoms with van der Waals surface area (Å²) in [5.74, 6) is 6.79. The average molecular weight is 382 g/mol. The quantitative estimate of drug-likeness (QED) is 0.731. The molecule has 2 N–H and O–H groups in total. The van der Waals surface area contributed by atoms with Crippen molar-refractivity contribution in [3.05, 3.63) is 45.9 Å². The molecular weight excluding hydrogens is 364 g/mol. The summed E-state index contributed by atoms with van der Waals surface area (Å²) in [5.41, 5.74) is 0.680. The molecule has 0 saturated carbocycles. The van der Waals surface area contributed by atoms with Crippen molar-refractivity contribution in [2.45, 2.75) is 23.2 Å². The fraction of sp³-hybridized carbons (Fsp3) is 0.400. The van der Waals surface area contributed by atoms with Gasteiger partial charge in [0, 0.05) is 11.7 Å². The van der Waals surface area contributed by atoms with Gasteiger partial charge in [0.25, 0.3) is 5.56 Å². The predicted molar refractivity (Wildman–Crippen MR) is 95.2 cm³/mol. The molecule has 0 radical (unpaired) electrons. The van der Waals surface area contributed by atoms with E-state index >= 15 is 0 Å². The van der Waals surface area contributed by atoms with Crippen molar-refractivity contribution in [2.24, 2.45) is 0 Å². The van der Waals surface area contributed by atoms with E-state index in [-0.39, 0.29) is 27.6 Å². The molecule has 0 aliphatic carbocycles. The first-order valence-corrected chi connectivity index (χ1v) is 10.3. The number of nitrogens with two attached hydrogens (primary N) is 1. The Morgan fingerprint density at radius 3 is 2.64 bits per heavy atom. The highest BCUT2D eigenvalue weighted by Gasteiger charge is 2.30. The van der Waals surface area contributed by atoms with Crippen LogP contribution in [-0.2, 0) is 16.3 Å². The van der Waals surface area contributed by atoms with Gasteiger partial charge in [-0.1, -0.05) is 23.9 Å². The first-order valence-electron chi connectivity index (χ1n) is 7.61. The summed E-state index contributed by atoms with van der Waals surface area (Å²) < 4.78 is 29.1. The first kappa shape index (κ1) is 17.7. The van der Waals surface area contributed by atoms with Gasteiger partial charge in [-0.25, -0.2) is 8.42 Å². The van der Waals surface area contributed by atoms with E-state index in [2.05, 4.69) is 10.2 Å². The maximum absolute atomic E-state index is 12.4. The fourth-order valence-electron chi connectivity index (χ4n) is 2.55. The van der Waals surface area contributed by atoms with E-state index in [1.165, 1.54) is 11.8 Å². The van der Waals surface area contributed by atoms with Crippen molar-refractivity contribution in [2.75, 3.05) is 24.5 Å². The molecule has 2 aromatic rings. The van der Waals surface area contributed by atoms with Crippen LogP contribution < -0.4 is 16.1 Å². The summed E-state index contributed by atoms with van der Waals surface area (Å²) in [6, 6.07) is 7.28. The molecule has 1 unspecified atom stereocenters. The molecule has 1 fully saturated rings. The minimum atomic E-state index is -3.00. The number of aromatic nitrogens is 3. The molecule has 1 saturated heterocycles. The van der Waals surface area contributed by atoms with E-state index < -0.39 is 15.4 Å². The Morgan fingerprint density at radius 2 is 2.04 bits per heavy atom. The summed E-state index contributed by atoms with van der Waals surface area (Å²) in [6.07, 6.45) is 0.826. The van der Waals surface area contributed by atoms with Gasteiger partial charge < -0.3 is 10.6 Å². The Balaban J connectivity index is 1.77. The Labute approximate surface area is 149 Å². The van der Waals surface area contributed by atoms with Gasteiger partial charge in [-0.2, -0.15) is 4.68 Å². The van der Waals surface area contributed by atoms with Crippen molar-refractivity contribution < 1.29 is 13.2 Å². The minimum Gasteiger partial charge on any atom is -0.497 e. The van der Waals surface area contributed by atoms with Crippen molar-refractivity contribution in [1.29, 1.82) is 0 Å². The van der Waals surface area contributed by atoms with Crippen LogP contribution in [0.15, 0.2) is 34.2 Å². The second-order valence-corrected chi connectivity index (χ2v) is 9.27. The van der Waals surface area contributed by atoms with Gasteiger partial charge in [-0.15, -0.1) is 10.2 Å². The Hall–Kier alpha value is -2.07. The van der Waals surface area contributed by atoms with Crippen LogP contribution in [0.5, 0.6) is 5.75 Å². The standard InChI is InChI=1S/C15H18N4O4S2/c1-23-11-4-2-10(3-5-11)8-13-14(20)19(16)15(18-17-13)24-12-6-7-25(21,22)9-12/h2-5,12H,6-9,16H2,1H3. The zero-order chi connectivity index (χ0) is 18.0. The predicted octanol–water partition coefficient (Wildman–Crippen LogP) is 0.231. The number of benzene rings is 1. The lowest BCUT2D eigenvalue weighted by atomic mass is 10.1. The fourth-order valence-corrected chi connectivity index (χ4v) is 5.96. The van der Waals surface area contributed by atoms with E-state index in [1.807, 2.05) is 12.1 Å². The Morgan fingerprint density at radius 1 is 1.32 bits per heavy atom. The number of hydrogen-bond acceptors (Lipinski definition) is 8. The maximum Gasteiger partial charge on any atom is 0.294 e. The molecule has 1 aliphatic rings. The van der Waals surface area contributed by atoms with Crippen LogP contribution in [0.1, 0.15) is 17.7 Å². The third-order valence-electron chi connectivity index (χ3n) is 3.92. The van der Waals surface area contributed by atoms with Gasteiger partial charge in [0.05, 0.1) is 18.6 Å². The molecule has 3 rings (SSSR count). The molecule has 8 nitrogen and oxygen atoms in total. The van der Waals surface area contributed by atoms with Gasteiger partial charge in [-0.3, -0.25) is 4.79 Å². The summed E-state index contributed by atoms with van der Waals surface area (Å²) in [7, 11) is -1.42. The summed E-state index contributed by atoms with van der Waals surface area (Å²) in [5, 5.41) is 8.08. The molecule has 134 valence electrons. The van der Waals surface area contributed by atoms with Crippen LogP contribution in [-0.4, -0.2) is 47.2 Å². The van der Waals surface area contributed by atoms with Gasteiger partial charge in [-0.05, 0) is 24.1 Å². The molecule has 25 heavy (non-hydrogen) atoms. The van der Waals surface area contributed by atoms with E-state index in [1.54, 1.807) is 19.2 Å². The average Bonchev–Trinajstić information content (AvgIpc) is 2.94. The van der Waals surface area contributed by atoms with Gasteiger partial charge >= 0.3 is 0 Å². The van der Waals surface area contributed by atoms with Gasteiger partial charge in [0.1, 0.15) is 11.4 Å². The molecule has 2 heterocycles. The molecule has 1 atom stereocenters. The first-order chi connectivity index (χ1) is 11.9. The molecule has 0 amide bonds. The highest BCUT2D eigenvalue weighted by molar-refractivity contribution is 8.01. The molecule has 1 aromatic carbocycles. The highest BCUT2D eigenvalue weighted by atomic mass is 32.2. The molecule has 10 heteroatoms. The lowest BCUT2D eigenvalue weighted by molar-refractivity contribution is 0.414. The highest BCUT2D eigenvalue weighted by Crippen LogP contribution is 2.28. The molecular formula is C15H18N4O4S2. The van der Waals surface area contributed by atoms with Gasteiger partial charge in [0.15, 0.2) is 9.84 Å². The van der Waals surface area contributed by atoms with Crippen molar-refractivity contribution in [3.8, 4) is 5.75 Å². The second kappa shape index (κ2) is 7.04. The summed E-state index contributed by atoms with van der Waals surface area (Å²) in [4.78, 5) is 12.4. The number of hydrogen-bond donors (Lipinski definition) is 1. The maximum atomic E-state index is 12.4. The van der Waals surface area contributed by atoms with E-state index in [0.717, 1.165) is 16.0 Å². The van der Waals surface area contributed by atoms with Crippen molar-refractivity contribution in [3.63, 3.8) is 0 Å². The molecule has 1 aliphatic heterocycles. The van der Waals surface area contributed by atoms with Crippen LogP contribution in [0.25, 0.3) is 0 Å². The van der Waals surface area contributed by atoms with E-state index in [0.29, 0.717) is 12.8 Å². The topological polar surface area (TPSA) is 117 Å². The number of nitrogen functional groups attached to an aromatic ring is 1. The van der Waals surface area contributed by atoms with Gasteiger partial charge in [0.2, 0.25) is 5.16 Å². The third kappa shape index (κ3) is 4.13. The van der Waals surface area contributed by atoms with Crippen LogP contribution in [0.4, 0.5) is 0 Å². The lowest BCUT2D eigenvalue weighted by Crippen LogP contribution is -2.34. The summed E-state index contributed by atoms with van der Waals surface area (Å²) >= 11 is 1.18. The number of rotatable bonds is 5. The number of nitrogens with zero attached hydrogens (tertiary/aromatic N) is 3. The molecule has 0 bridgehead atoms. The Bertz CT molecular complexity index is 926. The normalized spacial score (nSPS) is 19.0. The lowest BCUT2D eigenvalue weighted by Gasteiger charge is -2.10. The van der Waals surface area contributed by atoms with Crippen molar-refractivity contribution in [1.82, 2.24) is 14.9 Å². The number of thioether (sulfide) groups is 1. The zero-order valence-corrected chi connectivity index (χ0v) is 15.2. The monoisotopic (exact) mass is 382 g/mol. The van der Waals surface area contributed by atoms with Crippen LogP contribution in [0.2, 0.25) is 0 Å². The van der Waals surface area contributed by atoms with Crippen LogP contribution in [0, 0.1) is 0 Å². The van der Waals surface area contributed by atoms with E-state index in [4.69, 9.17) is 10.6 Å². The number of ether oxygens (including phenoxy) is 1. The minimum absolute atomic E-state index is 0.0706. The smallest absolute Gasteiger partial charge is 0.294 e. The SMILES string of the molecule is COc1ccc(Cc2nnc(SC3CCS(=O)(=O)C3)n(N)c2=O)cc1. The molecule has 0 spiro atoms. The largest absolute Gasteiger partial charge is 0.497 e.